The van der Waals surface area contributed by atoms with Crippen molar-refractivity contribution in [1.82, 2.24) is 15.2 Å². The molecule has 0 radical (unpaired) electrons. The standard InChI is InChI=1S/C15H13ClN4.C3H6N2OS/c1-17-13-7-5-10(6-8-13)14-18-15(20-19-14)11-3-2-4-12(16)9-11;4-3(1-6)2-7-5/h2-9,17H,1H3,(H,18,19,20);1-2H,4-5H2/b;3-2-. The number of H-pyrrole nitrogens is 1. The van der Waals surface area contributed by atoms with Crippen molar-refractivity contribution in [3.05, 3.63) is 64.7 Å². The van der Waals surface area contributed by atoms with E-state index in [0.717, 1.165) is 34.6 Å². The molecule has 3 aromatic rings. The molecule has 0 saturated carbocycles. The number of hydrogen-bond donors (Lipinski definition) is 4. The van der Waals surface area contributed by atoms with Crippen molar-refractivity contribution < 1.29 is 4.79 Å². The summed E-state index contributed by atoms with van der Waals surface area (Å²) in [6, 6.07) is 15.5. The van der Waals surface area contributed by atoms with Gasteiger partial charge < -0.3 is 11.1 Å². The molecule has 0 bridgehead atoms. The summed E-state index contributed by atoms with van der Waals surface area (Å²) in [6.07, 6.45) is 0.542. The zero-order chi connectivity index (χ0) is 19.6. The molecule has 0 atom stereocenters. The third-order valence-electron chi connectivity index (χ3n) is 3.36. The Bertz CT molecular complexity index is 910. The number of allylic oxidation sites excluding steroid dienone is 1. The second-order valence-electron chi connectivity index (χ2n) is 5.22. The minimum atomic E-state index is 0.160. The average Bonchev–Trinajstić information content (AvgIpc) is 3.19. The number of nitrogens with one attached hydrogen (secondary N) is 2. The number of anilines is 1. The molecule has 27 heavy (non-hydrogen) atoms. The Morgan fingerprint density at radius 3 is 2.52 bits per heavy atom. The van der Waals surface area contributed by atoms with Crippen LogP contribution in [0.3, 0.4) is 0 Å². The highest BCUT2D eigenvalue weighted by atomic mass is 35.5. The number of aromatic nitrogens is 3. The average molecular weight is 403 g/mol. The van der Waals surface area contributed by atoms with E-state index in [1.54, 1.807) is 0 Å². The van der Waals surface area contributed by atoms with E-state index in [-0.39, 0.29) is 5.70 Å². The van der Waals surface area contributed by atoms with Gasteiger partial charge in [0.05, 0.1) is 5.70 Å². The molecule has 2 aromatic carbocycles. The highest BCUT2D eigenvalue weighted by Gasteiger charge is 2.08. The molecule has 0 unspecified atom stereocenters. The van der Waals surface area contributed by atoms with Crippen LogP contribution in [0, 0.1) is 0 Å². The van der Waals surface area contributed by atoms with Crippen LogP contribution < -0.4 is 16.2 Å². The number of aldehydes is 1. The van der Waals surface area contributed by atoms with E-state index in [9.17, 15) is 4.79 Å². The van der Waals surface area contributed by atoms with Gasteiger partial charge in [-0.25, -0.2) is 4.98 Å². The summed E-state index contributed by atoms with van der Waals surface area (Å²) in [4.78, 5) is 14.1. The Hall–Kier alpha value is -2.81. The summed E-state index contributed by atoms with van der Waals surface area (Å²) in [7, 11) is 1.89. The molecule has 0 aliphatic heterocycles. The van der Waals surface area contributed by atoms with Crippen molar-refractivity contribution in [3.8, 4) is 22.8 Å². The molecule has 0 fully saturated rings. The van der Waals surface area contributed by atoms with Crippen LogP contribution in [0.2, 0.25) is 5.02 Å². The molecule has 0 amide bonds. The van der Waals surface area contributed by atoms with E-state index in [1.807, 2.05) is 55.6 Å². The summed E-state index contributed by atoms with van der Waals surface area (Å²) in [5.41, 5.74) is 8.08. The molecule has 0 spiro atoms. The van der Waals surface area contributed by atoms with Gasteiger partial charge in [-0.15, -0.1) is 0 Å². The second-order valence-corrected chi connectivity index (χ2v) is 6.16. The van der Waals surface area contributed by atoms with E-state index in [0.29, 0.717) is 17.1 Å². The third-order valence-corrected chi connectivity index (χ3v) is 4.00. The van der Waals surface area contributed by atoms with Gasteiger partial charge in [-0.05, 0) is 36.4 Å². The van der Waals surface area contributed by atoms with Gasteiger partial charge in [0.2, 0.25) is 0 Å². The van der Waals surface area contributed by atoms with Crippen LogP contribution in [0.25, 0.3) is 22.8 Å². The summed E-state index contributed by atoms with van der Waals surface area (Å²) in [6.45, 7) is 0. The van der Waals surface area contributed by atoms with Crippen LogP contribution in [0.5, 0.6) is 0 Å². The van der Waals surface area contributed by atoms with Crippen molar-refractivity contribution in [3.63, 3.8) is 0 Å². The van der Waals surface area contributed by atoms with E-state index < -0.39 is 0 Å². The Balaban J connectivity index is 0.000000321. The molecular weight excluding hydrogens is 384 g/mol. The maximum atomic E-state index is 9.63. The van der Waals surface area contributed by atoms with Crippen molar-refractivity contribution in [2.24, 2.45) is 10.9 Å². The van der Waals surface area contributed by atoms with Crippen LogP contribution in [-0.2, 0) is 4.79 Å². The Morgan fingerprint density at radius 2 is 1.96 bits per heavy atom. The summed E-state index contributed by atoms with van der Waals surface area (Å²) < 4.78 is 0. The fourth-order valence-corrected chi connectivity index (χ4v) is 2.45. The summed E-state index contributed by atoms with van der Waals surface area (Å²) in [5, 5.41) is 17.2. The SMILES string of the molecule is CNc1ccc(-c2nc(-c3cccc(Cl)c3)n[nH]2)cc1.NS/C=C(\N)C=O. The number of nitrogens with two attached hydrogens (primary N) is 2. The molecule has 9 heteroatoms. The van der Waals surface area contributed by atoms with Crippen molar-refractivity contribution in [1.29, 1.82) is 0 Å². The number of halogens is 1. The fourth-order valence-electron chi connectivity index (χ4n) is 2.05. The van der Waals surface area contributed by atoms with Crippen LogP contribution in [0.4, 0.5) is 5.69 Å². The highest BCUT2D eigenvalue weighted by molar-refractivity contribution is 8.00. The first kappa shape index (κ1) is 20.5. The molecule has 3 rings (SSSR count). The lowest BCUT2D eigenvalue weighted by Gasteiger charge is -2.00. The monoisotopic (exact) mass is 402 g/mol. The van der Waals surface area contributed by atoms with Gasteiger partial charge in [-0.2, -0.15) is 5.10 Å². The summed E-state index contributed by atoms with van der Waals surface area (Å²) in [5.74, 6) is 1.38. The van der Waals surface area contributed by atoms with Gasteiger partial charge in [0.25, 0.3) is 0 Å². The highest BCUT2D eigenvalue weighted by Crippen LogP contribution is 2.23. The molecule has 0 saturated heterocycles. The molecule has 1 heterocycles. The lowest BCUT2D eigenvalue weighted by molar-refractivity contribution is -0.104. The molecular formula is C18H19ClN6OS. The minimum absolute atomic E-state index is 0.160. The van der Waals surface area contributed by atoms with Crippen LogP contribution in [0.1, 0.15) is 0 Å². The van der Waals surface area contributed by atoms with E-state index in [4.69, 9.17) is 22.5 Å². The number of benzene rings is 2. The van der Waals surface area contributed by atoms with Gasteiger partial charge in [0.1, 0.15) is 0 Å². The number of carbonyl (C=O) groups excluding carboxylic acids is 1. The van der Waals surface area contributed by atoms with Gasteiger partial charge in [-0.1, -0.05) is 35.7 Å². The fraction of sp³-hybridized carbons (Fsp3) is 0.0556. The number of carbonyl (C=O) groups is 1. The van der Waals surface area contributed by atoms with E-state index in [2.05, 4.69) is 20.5 Å². The van der Waals surface area contributed by atoms with Crippen molar-refractivity contribution in [2.45, 2.75) is 0 Å². The molecule has 140 valence electrons. The number of aromatic amines is 1. The van der Waals surface area contributed by atoms with Crippen LogP contribution >= 0.6 is 23.5 Å². The zero-order valence-corrected chi connectivity index (χ0v) is 16.1. The van der Waals surface area contributed by atoms with E-state index >= 15 is 0 Å². The van der Waals surface area contributed by atoms with Crippen molar-refractivity contribution >= 4 is 35.5 Å². The summed E-state index contributed by atoms with van der Waals surface area (Å²) >= 11 is 6.90. The number of hydrogen-bond acceptors (Lipinski definition) is 7. The lowest BCUT2D eigenvalue weighted by atomic mass is 10.2. The predicted octanol–water partition coefficient (Wildman–Crippen LogP) is 3.43. The van der Waals surface area contributed by atoms with Gasteiger partial charge >= 0.3 is 0 Å². The smallest absolute Gasteiger partial charge is 0.181 e. The molecule has 6 N–H and O–H groups in total. The largest absolute Gasteiger partial charge is 0.396 e. The first-order chi connectivity index (χ1) is 13.1. The number of nitrogens with zero attached hydrogens (tertiary/aromatic N) is 2. The normalized spacial score (nSPS) is 10.7. The Morgan fingerprint density at radius 1 is 1.22 bits per heavy atom. The molecule has 0 aliphatic carbocycles. The molecule has 0 aliphatic rings. The predicted molar refractivity (Wildman–Crippen MR) is 112 cm³/mol. The number of rotatable bonds is 5. The van der Waals surface area contributed by atoms with Gasteiger partial charge in [0, 0.05) is 34.3 Å². The first-order valence-corrected chi connectivity index (χ1v) is 9.12. The molecule has 7 nitrogen and oxygen atoms in total. The van der Waals surface area contributed by atoms with Gasteiger partial charge in [0.15, 0.2) is 17.9 Å². The van der Waals surface area contributed by atoms with Crippen LogP contribution in [-0.4, -0.2) is 28.5 Å². The van der Waals surface area contributed by atoms with Crippen molar-refractivity contribution in [2.75, 3.05) is 12.4 Å². The maximum absolute atomic E-state index is 9.63. The maximum Gasteiger partial charge on any atom is 0.181 e. The Kier molecular flexibility index (Phi) is 7.87. The van der Waals surface area contributed by atoms with E-state index in [1.165, 1.54) is 5.41 Å². The zero-order valence-electron chi connectivity index (χ0n) is 14.5. The van der Waals surface area contributed by atoms with Crippen LogP contribution in [0.15, 0.2) is 59.6 Å². The van der Waals surface area contributed by atoms with Gasteiger partial charge in [-0.3, -0.25) is 15.0 Å². The topological polar surface area (TPSA) is 123 Å². The lowest BCUT2D eigenvalue weighted by Crippen LogP contribution is -1.96. The quantitative estimate of drug-likeness (QED) is 0.293. The minimum Gasteiger partial charge on any atom is -0.396 e. The second kappa shape index (κ2) is 10.4. The third kappa shape index (κ3) is 6.14. The first-order valence-electron chi connectivity index (χ1n) is 7.80. The Labute approximate surface area is 166 Å². The molecule has 1 aromatic heterocycles.